The number of aromatic nitrogens is 1. The average Bonchev–Trinajstić information content (AvgIpc) is 2.48. The molecular formula is C16H13GaNO2. The van der Waals surface area contributed by atoms with Gasteiger partial charge >= 0.3 is 126 Å². The second-order valence-electron chi connectivity index (χ2n) is 4.48. The molecule has 4 heteroatoms. The number of nitrogens with zero attached hydrogens (tertiary/aromatic N) is 1. The van der Waals surface area contributed by atoms with Crippen LogP contribution in [0.1, 0.15) is 5.56 Å². The zero-order valence-electron chi connectivity index (χ0n) is 11.1. The maximum absolute atomic E-state index is 5.88. The molecular weight excluding hydrogens is 308 g/mol. The van der Waals surface area contributed by atoms with Gasteiger partial charge in [-0.3, -0.25) is 0 Å². The Bertz CT molecular complexity index is 716. The minimum atomic E-state index is -1.29. The van der Waals surface area contributed by atoms with Gasteiger partial charge in [-0.2, -0.15) is 0 Å². The summed E-state index contributed by atoms with van der Waals surface area (Å²) in [5, 5.41) is 1.10. The fraction of sp³-hybridized carbons (Fsp3) is 0.0625. The molecule has 0 saturated heterocycles. The van der Waals surface area contributed by atoms with Gasteiger partial charge in [0.15, 0.2) is 0 Å². The van der Waals surface area contributed by atoms with Crippen LogP contribution in [0.3, 0.4) is 0 Å². The third-order valence-electron chi connectivity index (χ3n) is 2.92. The fourth-order valence-corrected chi connectivity index (χ4v) is 3.28. The van der Waals surface area contributed by atoms with Crippen LogP contribution in [-0.2, 0) is 0 Å². The van der Waals surface area contributed by atoms with Crippen molar-refractivity contribution in [3.8, 4) is 11.5 Å². The molecule has 0 aliphatic carbocycles. The van der Waals surface area contributed by atoms with E-state index < -0.39 is 18.1 Å². The average molecular weight is 321 g/mol. The quantitative estimate of drug-likeness (QED) is 0.689. The molecule has 0 N–H and O–H groups in total. The van der Waals surface area contributed by atoms with Gasteiger partial charge in [0.05, 0.1) is 0 Å². The number of rotatable bonds is 4. The molecule has 0 unspecified atom stereocenters. The predicted octanol–water partition coefficient (Wildman–Crippen LogP) is 3.54. The van der Waals surface area contributed by atoms with Crippen LogP contribution in [0.4, 0.5) is 0 Å². The standard InChI is InChI=1S/C10H9NO.C6H6O.Ga/c1-7-5-8-3-2-4-11-10(8)9(12)6-7;7-6-4-2-1-3-5-6;/h2-6,12H,1H3;1-5,7H;/q;;+2/p-2. The third kappa shape index (κ3) is 2.97. The van der Waals surface area contributed by atoms with Crippen LogP contribution < -0.4 is 7.06 Å². The summed E-state index contributed by atoms with van der Waals surface area (Å²) in [5.41, 5.74) is 2.06. The number of benzene rings is 2. The Kier molecular flexibility index (Phi) is 3.94. The Morgan fingerprint density at radius 2 is 1.80 bits per heavy atom. The fourth-order valence-electron chi connectivity index (χ4n) is 2.02. The number of para-hydroxylation sites is 1. The molecule has 1 aromatic heterocycles. The summed E-state index contributed by atoms with van der Waals surface area (Å²) in [6, 6.07) is 17.9. The van der Waals surface area contributed by atoms with E-state index in [2.05, 4.69) is 18.0 Å². The molecule has 2 aromatic carbocycles. The first kappa shape index (κ1) is 13.1. The van der Waals surface area contributed by atoms with E-state index in [-0.39, 0.29) is 0 Å². The van der Waals surface area contributed by atoms with Crippen molar-refractivity contribution in [3.05, 3.63) is 66.4 Å². The Balaban J connectivity index is 1.77. The van der Waals surface area contributed by atoms with Gasteiger partial charge < -0.3 is 0 Å². The molecule has 3 nitrogen and oxygen atoms in total. The van der Waals surface area contributed by atoms with Gasteiger partial charge in [0, 0.05) is 0 Å². The van der Waals surface area contributed by atoms with E-state index in [0.29, 0.717) is 0 Å². The van der Waals surface area contributed by atoms with Crippen LogP contribution in [-0.4, -0.2) is 23.1 Å². The predicted molar refractivity (Wildman–Crippen MR) is 79.9 cm³/mol. The van der Waals surface area contributed by atoms with Crippen molar-refractivity contribution >= 4 is 29.0 Å². The van der Waals surface area contributed by atoms with Crippen LogP contribution in [0, 0.1) is 6.92 Å². The first-order chi connectivity index (χ1) is 9.83. The van der Waals surface area contributed by atoms with Crippen molar-refractivity contribution in [2.45, 2.75) is 6.92 Å². The van der Waals surface area contributed by atoms with E-state index in [1.54, 1.807) is 6.20 Å². The molecule has 1 radical (unpaired) electrons. The van der Waals surface area contributed by atoms with E-state index in [4.69, 9.17) is 7.06 Å². The van der Waals surface area contributed by atoms with Crippen LogP contribution in [0.5, 0.6) is 11.5 Å². The Morgan fingerprint density at radius 3 is 2.65 bits per heavy atom. The molecule has 0 spiro atoms. The second-order valence-corrected chi connectivity index (χ2v) is 5.88. The molecule has 0 saturated carbocycles. The monoisotopic (exact) mass is 320 g/mol. The van der Waals surface area contributed by atoms with Gasteiger partial charge in [0.1, 0.15) is 0 Å². The van der Waals surface area contributed by atoms with E-state index >= 15 is 0 Å². The number of aryl methyl sites for hydroxylation is 1. The van der Waals surface area contributed by atoms with E-state index in [1.165, 1.54) is 0 Å². The van der Waals surface area contributed by atoms with Crippen molar-refractivity contribution in [3.63, 3.8) is 0 Å². The van der Waals surface area contributed by atoms with Gasteiger partial charge in [0.25, 0.3) is 0 Å². The zero-order chi connectivity index (χ0) is 13.8. The van der Waals surface area contributed by atoms with Crippen LogP contribution in [0.15, 0.2) is 60.8 Å². The maximum atomic E-state index is 5.88. The molecule has 3 rings (SSSR count). The molecule has 3 aromatic rings. The van der Waals surface area contributed by atoms with Crippen molar-refractivity contribution in [2.75, 3.05) is 0 Å². The van der Waals surface area contributed by atoms with E-state index in [9.17, 15) is 0 Å². The van der Waals surface area contributed by atoms with Crippen molar-refractivity contribution in [1.29, 1.82) is 0 Å². The van der Waals surface area contributed by atoms with Crippen LogP contribution >= 0.6 is 0 Å². The summed E-state index contributed by atoms with van der Waals surface area (Å²) in [7, 11) is 0. The van der Waals surface area contributed by atoms with Crippen LogP contribution in [0.25, 0.3) is 10.9 Å². The van der Waals surface area contributed by atoms with Crippen molar-refractivity contribution in [2.24, 2.45) is 0 Å². The van der Waals surface area contributed by atoms with Gasteiger partial charge in [-0.25, -0.2) is 0 Å². The number of hydrogen-bond donors (Lipinski definition) is 0. The number of fused-ring (bicyclic) bond motifs is 1. The van der Waals surface area contributed by atoms with Gasteiger partial charge in [-0.15, -0.1) is 0 Å². The van der Waals surface area contributed by atoms with Gasteiger partial charge in [0.2, 0.25) is 0 Å². The molecule has 0 atom stereocenters. The molecule has 97 valence electrons. The summed E-state index contributed by atoms with van der Waals surface area (Å²) in [6.45, 7) is 2.06. The topological polar surface area (TPSA) is 31.4 Å². The summed E-state index contributed by atoms with van der Waals surface area (Å²) in [5.74, 6) is 1.67. The number of pyridine rings is 1. The third-order valence-corrected chi connectivity index (χ3v) is 4.42. The van der Waals surface area contributed by atoms with Gasteiger partial charge in [-0.1, -0.05) is 0 Å². The van der Waals surface area contributed by atoms with E-state index in [1.807, 2.05) is 48.5 Å². The molecule has 0 aliphatic heterocycles. The minimum absolute atomic E-state index is 0.816. The molecule has 0 aliphatic rings. The van der Waals surface area contributed by atoms with Crippen LogP contribution in [0.2, 0.25) is 0 Å². The SMILES string of the molecule is Cc1cc([O][Ga][O]c2ccccc2)c2ncccc2c1. The Morgan fingerprint density at radius 1 is 0.950 bits per heavy atom. The normalized spacial score (nSPS) is 10.2. The summed E-state index contributed by atoms with van der Waals surface area (Å²) >= 11 is -1.29. The summed E-state index contributed by atoms with van der Waals surface area (Å²) in [4.78, 5) is 4.39. The van der Waals surface area contributed by atoms with E-state index in [0.717, 1.165) is 28.0 Å². The first-order valence-electron chi connectivity index (χ1n) is 6.38. The molecule has 0 amide bonds. The molecule has 0 fully saturated rings. The second kappa shape index (κ2) is 6.03. The molecule has 20 heavy (non-hydrogen) atoms. The Hall–Kier alpha value is -1.91. The zero-order valence-corrected chi connectivity index (χ0v) is 13.5. The number of hydrogen-bond acceptors (Lipinski definition) is 3. The van der Waals surface area contributed by atoms with Gasteiger partial charge in [-0.05, 0) is 0 Å². The first-order valence-corrected chi connectivity index (χ1v) is 8.36. The summed E-state index contributed by atoms with van der Waals surface area (Å²) in [6.07, 6.45) is 1.78. The van der Waals surface area contributed by atoms with Crippen molar-refractivity contribution < 1.29 is 7.06 Å². The Labute approximate surface area is 126 Å². The molecule has 0 bridgehead atoms. The van der Waals surface area contributed by atoms with Crippen molar-refractivity contribution in [1.82, 2.24) is 4.98 Å². The molecule has 1 heterocycles. The summed E-state index contributed by atoms with van der Waals surface area (Å²) < 4.78 is 11.6.